The van der Waals surface area contributed by atoms with Crippen LogP contribution in [0.2, 0.25) is 0 Å². The molecule has 1 aromatic rings. The average Bonchev–Trinajstić information content (AvgIpc) is 2.59. The molecule has 1 atom stereocenters. The third kappa shape index (κ3) is 2.40. The van der Waals surface area contributed by atoms with Gasteiger partial charge in [-0.05, 0) is 43.3 Å². The van der Waals surface area contributed by atoms with Crippen molar-refractivity contribution in [3.63, 3.8) is 0 Å². The minimum absolute atomic E-state index is 0.0717. The molecule has 1 aliphatic heterocycles. The van der Waals surface area contributed by atoms with Gasteiger partial charge in [0, 0.05) is 11.4 Å². The molecule has 0 fully saturated rings. The maximum Gasteiger partial charge on any atom is 0.416 e. The molecule has 0 saturated carbocycles. The topological polar surface area (TPSA) is 46.2 Å². The molecule has 0 bridgehead atoms. The fourth-order valence-corrected chi connectivity index (χ4v) is 3.50. The molecule has 0 spiro atoms. The lowest BCUT2D eigenvalue weighted by molar-refractivity contribution is -0.137. The highest BCUT2D eigenvalue weighted by atomic mass is 32.2. The lowest BCUT2D eigenvalue weighted by Gasteiger charge is -2.14. The van der Waals surface area contributed by atoms with E-state index in [0.29, 0.717) is 5.57 Å². The summed E-state index contributed by atoms with van der Waals surface area (Å²) < 4.78 is 61.7. The predicted molar refractivity (Wildman–Crippen MR) is 65.1 cm³/mol. The van der Waals surface area contributed by atoms with Crippen LogP contribution in [0.25, 0.3) is 5.57 Å². The molecule has 1 aliphatic rings. The molecular weight excluding hydrogens is 279 g/mol. The van der Waals surface area contributed by atoms with E-state index >= 15 is 0 Å². The highest BCUT2D eigenvalue weighted by molar-refractivity contribution is 7.95. The van der Waals surface area contributed by atoms with Crippen molar-refractivity contribution in [1.29, 1.82) is 0 Å². The van der Waals surface area contributed by atoms with Crippen molar-refractivity contribution >= 4 is 15.4 Å². The summed E-state index contributed by atoms with van der Waals surface area (Å²) in [4.78, 5) is -0.0717. The van der Waals surface area contributed by atoms with E-state index in [4.69, 9.17) is 0 Å². The highest BCUT2D eigenvalue weighted by Crippen LogP contribution is 2.39. The normalized spacial score (nSPS) is 18.9. The Kier molecular flexibility index (Phi) is 3.22. The maximum absolute atomic E-state index is 12.7. The van der Waals surface area contributed by atoms with Crippen LogP contribution in [0.4, 0.5) is 13.2 Å². The summed E-state index contributed by atoms with van der Waals surface area (Å²) in [7, 11) is -2.03. The SMILES string of the molecule is CNC(C)C1=CS(=O)(=O)c2ccc(C(F)(F)F)cc21. The Morgan fingerprint density at radius 3 is 2.42 bits per heavy atom. The quantitative estimate of drug-likeness (QED) is 0.910. The van der Waals surface area contributed by atoms with Crippen LogP contribution in [-0.4, -0.2) is 21.5 Å². The fourth-order valence-electron chi connectivity index (χ4n) is 1.96. The van der Waals surface area contributed by atoms with Crippen LogP contribution in [0.3, 0.4) is 0 Å². The zero-order valence-electron chi connectivity index (χ0n) is 10.2. The Morgan fingerprint density at radius 2 is 1.89 bits per heavy atom. The molecule has 1 N–H and O–H groups in total. The molecule has 0 saturated heterocycles. The number of hydrogen-bond donors (Lipinski definition) is 1. The number of nitrogens with one attached hydrogen (secondary N) is 1. The molecule has 19 heavy (non-hydrogen) atoms. The smallest absolute Gasteiger partial charge is 0.313 e. The van der Waals surface area contributed by atoms with Gasteiger partial charge in [-0.15, -0.1) is 0 Å². The van der Waals surface area contributed by atoms with Crippen LogP contribution in [0.15, 0.2) is 28.5 Å². The van der Waals surface area contributed by atoms with Gasteiger partial charge in [-0.25, -0.2) is 8.42 Å². The molecule has 0 aliphatic carbocycles. The first kappa shape index (κ1) is 14.1. The monoisotopic (exact) mass is 291 g/mol. The number of alkyl halides is 3. The number of hydrogen-bond acceptors (Lipinski definition) is 3. The van der Waals surface area contributed by atoms with Crippen molar-refractivity contribution in [1.82, 2.24) is 5.32 Å². The van der Waals surface area contributed by atoms with Gasteiger partial charge in [-0.3, -0.25) is 0 Å². The lowest BCUT2D eigenvalue weighted by Crippen LogP contribution is -2.22. The molecule has 1 aromatic carbocycles. The number of rotatable bonds is 2. The van der Waals surface area contributed by atoms with E-state index in [0.717, 1.165) is 23.6 Å². The molecule has 2 rings (SSSR count). The largest absolute Gasteiger partial charge is 0.416 e. The van der Waals surface area contributed by atoms with Crippen LogP contribution in [0, 0.1) is 0 Å². The summed E-state index contributed by atoms with van der Waals surface area (Å²) in [6.45, 7) is 1.69. The number of sulfone groups is 1. The van der Waals surface area contributed by atoms with Crippen molar-refractivity contribution in [2.45, 2.75) is 24.0 Å². The van der Waals surface area contributed by atoms with E-state index in [2.05, 4.69) is 5.32 Å². The van der Waals surface area contributed by atoms with Crippen molar-refractivity contribution < 1.29 is 21.6 Å². The van der Waals surface area contributed by atoms with Gasteiger partial charge in [0.1, 0.15) is 0 Å². The van der Waals surface area contributed by atoms with E-state index in [1.807, 2.05) is 0 Å². The fraction of sp³-hybridized carbons (Fsp3) is 0.333. The van der Waals surface area contributed by atoms with E-state index < -0.39 is 21.6 Å². The number of benzene rings is 1. The third-order valence-electron chi connectivity index (χ3n) is 3.11. The Hall–Kier alpha value is -1.34. The Balaban J connectivity index is 2.65. The van der Waals surface area contributed by atoms with E-state index in [-0.39, 0.29) is 16.5 Å². The minimum atomic E-state index is -4.49. The summed E-state index contributed by atoms with van der Waals surface area (Å²) in [5.41, 5.74) is -0.377. The summed E-state index contributed by atoms with van der Waals surface area (Å²) in [5, 5.41) is 3.86. The van der Waals surface area contributed by atoms with Gasteiger partial charge >= 0.3 is 6.18 Å². The second-order valence-electron chi connectivity index (χ2n) is 4.34. The summed E-state index contributed by atoms with van der Waals surface area (Å²) >= 11 is 0. The lowest BCUT2D eigenvalue weighted by atomic mass is 9.99. The van der Waals surface area contributed by atoms with Crippen molar-refractivity contribution in [2.24, 2.45) is 0 Å². The van der Waals surface area contributed by atoms with Gasteiger partial charge in [-0.1, -0.05) is 0 Å². The zero-order chi connectivity index (χ0) is 14.4. The standard InChI is InChI=1S/C12H12F3NO2S/c1-7(16-2)10-6-19(17,18)11-4-3-8(5-9(10)11)12(13,14)15/h3-7,16H,1-2H3. The van der Waals surface area contributed by atoms with Crippen LogP contribution < -0.4 is 5.32 Å². The molecule has 3 nitrogen and oxygen atoms in total. The Morgan fingerprint density at radius 1 is 1.26 bits per heavy atom. The van der Waals surface area contributed by atoms with E-state index in [1.165, 1.54) is 0 Å². The van der Waals surface area contributed by atoms with Crippen LogP contribution in [0.5, 0.6) is 0 Å². The zero-order valence-corrected chi connectivity index (χ0v) is 11.1. The predicted octanol–water partition coefficient (Wildman–Crippen LogP) is 2.44. The Bertz CT molecular complexity index is 647. The van der Waals surface area contributed by atoms with Gasteiger partial charge in [-0.2, -0.15) is 13.2 Å². The molecule has 1 heterocycles. The minimum Gasteiger partial charge on any atom is -0.313 e. The molecule has 0 amide bonds. The summed E-state index contributed by atoms with van der Waals surface area (Å²) in [5.74, 6) is 0. The first-order valence-corrected chi connectivity index (χ1v) is 7.07. The van der Waals surface area contributed by atoms with Crippen LogP contribution in [0.1, 0.15) is 18.1 Å². The summed E-state index contributed by atoms with van der Waals surface area (Å²) in [6.07, 6.45) is -4.49. The third-order valence-corrected chi connectivity index (χ3v) is 4.64. The van der Waals surface area contributed by atoms with E-state index in [9.17, 15) is 21.6 Å². The van der Waals surface area contributed by atoms with Gasteiger partial charge in [0.25, 0.3) is 0 Å². The summed E-state index contributed by atoms with van der Waals surface area (Å²) in [6, 6.07) is 2.34. The number of likely N-dealkylation sites (N-methyl/N-ethyl adjacent to an activating group) is 1. The first-order chi connectivity index (χ1) is 8.66. The van der Waals surface area contributed by atoms with Gasteiger partial charge < -0.3 is 5.32 Å². The van der Waals surface area contributed by atoms with E-state index in [1.54, 1.807) is 14.0 Å². The van der Waals surface area contributed by atoms with Crippen LogP contribution >= 0.6 is 0 Å². The second-order valence-corrected chi connectivity index (χ2v) is 6.10. The van der Waals surface area contributed by atoms with Crippen LogP contribution in [-0.2, 0) is 16.0 Å². The molecule has 0 radical (unpaired) electrons. The van der Waals surface area contributed by atoms with Crippen molar-refractivity contribution in [3.05, 3.63) is 34.7 Å². The highest BCUT2D eigenvalue weighted by Gasteiger charge is 2.35. The molecule has 104 valence electrons. The molecule has 0 aromatic heterocycles. The maximum atomic E-state index is 12.7. The molecular formula is C12H12F3NO2S. The Labute approximate surface area is 109 Å². The van der Waals surface area contributed by atoms with Crippen molar-refractivity contribution in [3.8, 4) is 0 Å². The first-order valence-electron chi connectivity index (χ1n) is 5.52. The molecule has 1 unspecified atom stereocenters. The number of halogens is 3. The average molecular weight is 291 g/mol. The van der Waals surface area contributed by atoms with Gasteiger partial charge in [0.15, 0.2) is 0 Å². The van der Waals surface area contributed by atoms with Crippen molar-refractivity contribution in [2.75, 3.05) is 7.05 Å². The number of fused-ring (bicyclic) bond motifs is 1. The van der Waals surface area contributed by atoms with Gasteiger partial charge in [0.05, 0.1) is 10.5 Å². The van der Waals surface area contributed by atoms with Gasteiger partial charge in [0.2, 0.25) is 9.84 Å². The molecule has 7 heteroatoms. The second kappa shape index (κ2) is 4.35.